The van der Waals surface area contributed by atoms with Gasteiger partial charge in [-0.1, -0.05) is 337 Å². The van der Waals surface area contributed by atoms with Crippen molar-refractivity contribution in [3.8, 4) is 0 Å². The minimum Gasteiger partial charge on any atom is -0.462 e. The summed E-state index contributed by atoms with van der Waals surface area (Å²) < 4.78 is 68.3. The first kappa shape index (κ1) is 92.1. The van der Waals surface area contributed by atoms with Crippen molar-refractivity contribution in [2.45, 2.75) is 407 Å². The molecule has 19 heteroatoms. The number of aliphatic hydroxyl groups is 1. The second kappa shape index (κ2) is 66.9. The van der Waals surface area contributed by atoms with Gasteiger partial charge in [-0.25, -0.2) is 9.13 Å². The predicted octanol–water partition coefficient (Wildman–Crippen LogP) is 21.9. The molecule has 0 aromatic rings. The van der Waals surface area contributed by atoms with Crippen LogP contribution in [0.4, 0.5) is 0 Å². The Morgan fingerprint density at radius 1 is 0.298 bits per heavy atom. The monoisotopic (exact) mass is 1380 g/mol. The molecule has 558 valence electrons. The molecule has 4 unspecified atom stereocenters. The Hall–Kier alpha value is -1.94. The van der Waals surface area contributed by atoms with Crippen LogP contribution in [0, 0.1) is 11.8 Å². The Kier molecular flexibility index (Phi) is 65.5. The van der Waals surface area contributed by atoms with Gasteiger partial charge in [0.15, 0.2) is 12.2 Å². The van der Waals surface area contributed by atoms with Crippen LogP contribution in [-0.2, 0) is 65.4 Å². The van der Waals surface area contributed by atoms with E-state index in [1.807, 2.05) is 0 Å². The molecule has 0 rings (SSSR count). The molecule has 0 amide bonds. The fourth-order valence-electron chi connectivity index (χ4n) is 11.4. The van der Waals surface area contributed by atoms with E-state index in [0.717, 1.165) is 108 Å². The summed E-state index contributed by atoms with van der Waals surface area (Å²) in [4.78, 5) is 72.5. The first-order chi connectivity index (χ1) is 45.4. The third-order valence-corrected chi connectivity index (χ3v) is 20.1. The smallest absolute Gasteiger partial charge is 0.462 e. The number of phosphoric ester groups is 2. The second-order valence-corrected chi connectivity index (χ2v) is 30.4. The van der Waals surface area contributed by atoms with E-state index in [9.17, 15) is 43.2 Å². The zero-order valence-electron chi connectivity index (χ0n) is 61.3. The summed E-state index contributed by atoms with van der Waals surface area (Å²) in [6.45, 7) is 9.58. The summed E-state index contributed by atoms with van der Waals surface area (Å²) >= 11 is 0. The number of carbonyl (C=O) groups is 4. The van der Waals surface area contributed by atoms with Gasteiger partial charge >= 0.3 is 39.5 Å². The van der Waals surface area contributed by atoms with Crippen molar-refractivity contribution in [3.63, 3.8) is 0 Å². The number of rotatable bonds is 74. The lowest BCUT2D eigenvalue weighted by molar-refractivity contribution is -0.161. The number of hydrogen-bond acceptors (Lipinski definition) is 15. The van der Waals surface area contributed by atoms with Crippen LogP contribution in [0.1, 0.15) is 388 Å². The summed E-state index contributed by atoms with van der Waals surface area (Å²) in [5, 5.41) is 10.6. The molecule has 0 fully saturated rings. The lowest BCUT2D eigenvalue weighted by Crippen LogP contribution is -2.30. The summed E-state index contributed by atoms with van der Waals surface area (Å²) in [5.41, 5.74) is 0. The van der Waals surface area contributed by atoms with Crippen molar-refractivity contribution in [1.82, 2.24) is 0 Å². The van der Waals surface area contributed by atoms with Gasteiger partial charge in [0.05, 0.1) is 26.4 Å². The van der Waals surface area contributed by atoms with Crippen LogP contribution in [-0.4, -0.2) is 96.7 Å². The highest BCUT2D eigenvalue weighted by molar-refractivity contribution is 7.47. The highest BCUT2D eigenvalue weighted by Gasteiger charge is 2.30. The van der Waals surface area contributed by atoms with E-state index in [0.29, 0.717) is 25.7 Å². The Bertz CT molecular complexity index is 1820. The maximum Gasteiger partial charge on any atom is 0.472 e. The predicted molar refractivity (Wildman–Crippen MR) is 381 cm³/mol. The van der Waals surface area contributed by atoms with Crippen LogP contribution in [0.25, 0.3) is 0 Å². The SMILES string of the molecule is CCCCCCCCCCCCCCCCCCCC(=O)OC[C@H](COP(=O)(O)OC[C@@H](O)COP(=O)(O)OC[C@@H](COC(=O)CCCCCCC)OC(=O)CCCCCCCCCCCCC(C)CC)OC(=O)CCCCCCCCCCCCCCCCC(C)CC. The Labute approximate surface area is 575 Å². The molecule has 0 aliphatic heterocycles. The molecule has 0 aromatic carbocycles. The number of ether oxygens (including phenoxy) is 4. The maximum atomic E-state index is 13.1. The number of carbonyl (C=O) groups excluding carboxylic acids is 4. The van der Waals surface area contributed by atoms with Gasteiger partial charge in [-0.05, 0) is 37.5 Å². The molecule has 3 N–H and O–H groups in total. The Balaban J connectivity index is 5.15. The molecular weight excluding hydrogens is 1230 g/mol. The van der Waals surface area contributed by atoms with Crippen molar-refractivity contribution >= 4 is 39.5 Å². The molecule has 0 radical (unpaired) electrons. The van der Waals surface area contributed by atoms with Gasteiger partial charge in [-0.15, -0.1) is 0 Å². The van der Waals surface area contributed by atoms with Gasteiger partial charge in [0.2, 0.25) is 0 Å². The molecule has 94 heavy (non-hydrogen) atoms. The Morgan fingerprint density at radius 2 is 0.511 bits per heavy atom. The van der Waals surface area contributed by atoms with Crippen molar-refractivity contribution in [2.75, 3.05) is 39.6 Å². The van der Waals surface area contributed by atoms with Gasteiger partial charge in [-0.2, -0.15) is 0 Å². The number of unbranched alkanes of at least 4 members (excludes halogenated alkanes) is 42. The normalized spacial score (nSPS) is 14.6. The molecule has 0 saturated heterocycles. The summed E-state index contributed by atoms with van der Waals surface area (Å²) in [6, 6.07) is 0. The first-order valence-corrected chi connectivity index (χ1v) is 42.1. The lowest BCUT2D eigenvalue weighted by Gasteiger charge is -2.21. The van der Waals surface area contributed by atoms with Crippen LogP contribution in [0.15, 0.2) is 0 Å². The molecule has 0 heterocycles. The van der Waals surface area contributed by atoms with Crippen LogP contribution < -0.4 is 0 Å². The average Bonchev–Trinajstić information content (AvgIpc) is 3.00. The van der Waals surface area contributed by atoms with Crippen LogP contribution in [0.5, 0.6) is 0 Å². The second-order valence-electron chi connectivity index (χ2n) is 27.5. The topological polar surface area (TPSA) is 237 Å². The van der Waals surface area contributed by atoms with Gasteiger partial charge in [0.25, 0.3) is 0 Å². The number of phosphoric acid groups is 2. The molecule has 0 spiro atoms. The standard InChI is InChI=1S/C75H146O17P2/c1-7-11-13-15-16-17-18-19-20-21-22-26-29-35-40-46-52-58-73(78)86-64-71(92-75(80)59-53-47-41-36-30-27-24-23-25-28-33-38-44-49-55-67(5)9-3)66-90-94(83,84)88-62-69(76)61-87-93(81,82)89-65-70(63-85-72(77)57-51-43-14-12-8-2)91-74(79)60-54-48-42-37-32-31-34-39-45-50-56-68(6)10-4/h67-71,76H,7-66H2,1-6H3,(H,81,82)(H,83,84)/t67?,68?,69-,70+,71+/m0/s1. The van der Waals surface area contributed by atoms with Crippen LogP contribution in [0.2, 0.25) is 0 Å². The van der Waals surface area contributed by atoms with Crippen molar-refractivity contribution in [1.29, 1.82) is 0 Å². The van der Waals surface area contributed by atoms with E-state index in [-0.39, 0.29) is 25.7 Å². The van der Waals surface area contributed by atoms with E-state index >= 15 is 0 Å². The maximum absolute atomic E-state index is 13.1. The number of aliphatic hydroxyl groups excluding tert-OH is 1. The first-order valence-electron chi connectivity index (χ1n) is 39.1. The molecule has 17 nitrogen and oxygen atoms in total. The fourth-order valence-corrected chi connectivity index (χ4v) is 13.0. The lowest BCUT2D eigenvalue weighted by atomic mass is 9.99. The van der Waals surface area contributed by atoms with E-state index < -0.39 is 97.5 Å². The van der Waals surface area contributed by atoms with E-state index in [4.69, 9.17) is 37.0 Å². The van der Waals surface area contributed by atoms with Crippen molar-refractivity contribution in [2.24, 2.45) is 11.8 Å². The zero-order chi connectivity index (χ0) is 69.3. The van der Waals surface area contributed by atoms with E-state index in [1.165, 1.54) is 199 Å². The van der Waals surface area contributed by atoms with Gasteiger partial charge in [0, 0.05) is 25.7 Å². The van der Waals surface area contributed by atoms with Gasteiger partial charge in [-0.3, -0.25) is 37.3 Å². The highest BCUT2D eigenvalue weighted by Crippen LogP contribution is 2.45. The van der Waals surface area contributed by atoms with Crippen molar-refractivity contribution in [3.05, 3.63) is 0 Å². The zero-order valence-corrected chi connectivity index (χ0v) is 63.1. The van der Waals surface area contributed by atoms with Gasteiger partial charge in [0.1, 0.15) is 19.3 Å². The average molecular weight is 1380 g/mol. The largest absolute Gasteiger partial charge is 0.472 e. The highest BCUT2D eigenvalue weighted by atomic mass is 31.2. The molecule has 7 atom stereocenters. The molecule has 0 aliphatic rings. The van der Waals surface area contributed by atoms with E-state index in [1.54, 1.807) is 0 Å². The minimum absolute atomic E-state index is 0.105. The van der Waals surface area contributed by atoms with Crippen LogP contribution >= 0.6 is 15.6 Å². The van der Waals surface area contributed by atoms with Crippen LogP contribution in [0.3, 0.4) is 0 Å². The third kappa shape index (κ3) is 66.0. The summed E-state index contributed by atoms with van der Waals surface area (Å²) in [6.07, 6.45) is 54.4. The van der Waals surface area contributed by atoms with E-state index in [2.05, 4.69) is 41.5 Å². The minimum atomic E-state index is -4.95. The molecule has 0 saturated carbocycles. The molecular formula is C75H146O17P2. The fraction of sp³-hybridized carbons (Fsp3) is 0.947. The summed E-state index contributed by atoms with van der Waals surface area (Å²) in [7, 11) is -9.90. The quantitative estimate of drug-likeness (QED) is 0.0222. The number of esters is 4. The number of hydrogen-bond donors (Lipinski definition) is 3. The Morgan fingerprint density at radius 3 is 0.755 bits per heavy atom. The molecule has 0 bridgehead atoms. The third-order valence-electron chi connectivity index (χ3n) is 18.2. The summed E-state index contributed by atoms with van der Waals surface area (Å²) in [5.74, 6) is -0.478. The molecule has 0 aromatic heterocycles. The van der Waals surface area contributed by atoms with Gasteiger partial charge < -0.3 is 33.8 Å². The van der Waals surface area contributed by atoms with Crippen molar-refractivity contribution < 1.29 is 80.2 Å². The molecule has 0 aliphatic carbocycles.